The highest BCUT2D eigenvalue weighted by atomic mass is 32.2. The quantitative estimate of drug-likeness (QED) is 0.339. The Hall–Kier alpha value is -3.89. The molecule has 0 aliphatic heterocycles. The molecule has 0 bridgehead atoms. The van der Waals surface area contributed by atoms with Gasteiger partial charge < -0.3 is 5.32 Å². The number of carbonyl (C=O) groups is 1. The van der Waals surface area contributed by atoms with E-state index < -0.39 is 5.25 Å². The van der Waals surface area contributed by atoms with Crippen LogP contribution in [0.4, 0.5) is 5.69 Å². The van der Waals surface area contributed by atoms with E-state index in [0.717, 1.165) is 16.8 Å². The Balaban J connectivity index is 1.76. The molecule has 1 heterocycles. The molecule has 0 aliphatic carbocycles. The van der Waals surface area contributed by atoms with Gasteiger partial charge in [0.25, 0.3) is 5.56 Å². The first-order chi connectivity index (χ1) is 15.9. The van der Waals surface area contributed by atoms with Gasteiger partial charge in [-0.05, 0) is 62.2 Å². The van der Waals surface area contributed by atoms with Gasteiger partial charge >= 0.3 is 0 Å². The van der Waals surface area contributed by atoms with Gasteiger partial charge in [-0.15, -0.1) is 0 Å². The Morgan fingerprint density at radius 3 is 2.48 bits per heavy atom. The van der Waals surface area contributed by atoms with E-state index in [1.807, 2.05) is 44.2 Å². The van der Waals surface area contributed by atoms with Crippen molar-refractivity contribution in [3.8, 4) is 11.8 Å². The molecule has 1 amide bonds. The molecule has 0 spiro atoms. The number of fused-ring (bicyclic) bond motifs is 1. The fourth-order valence-corrected chi connectivity index (χ4v) is 4.58. The Morgan fingerprint density at radius 1 is 1.06 bits per heavy atom. The smallest absolute Gasteiger partial charge is 0.266 e. The van der Waals surface area contributed by atoms with Crippen molar-refractivity contribution in [1.82, 2.24) is 9.55 Å². The van der Waals surface area contributed by atoms with Crippen LogP contribution in [0.1, 0.15) is 23.6 Å². The first-order valence-electron chi connectivity index (χ1n) is 10.4. The second-order valence-electron chi connectivity index (χ2n) is 7.73. The van der Waals surface area contributed by atoms with Gasteiger partial charge in [-0.3, -0.25) is 14.2 Å². The molecule has 1 N–H and O–H groups in total. The minimum Gasteiger partial charge on any atom is -0.325 e. The summed E-state index contributed by atoms with van der Waals surface area (Å²) in [4.78, 5) is 31.2. The molecule has 33 heavy (non-hydrogen) atoms. The zero-order chi connectivity index (χ0) is 23.5. The van der Waals surface area contributed by atoms with Gasteiger partial charge in [-0.25, -0.2) is 4.98 Å². The van der Waals surface area contributed by atoms with Crippen LogP contribution >= 0.6 is 11.8 Å². The minimum atomic E-state index is -0.542. The van der Waals surface area contributed by atoms with E-state index >= 15 is 0 Å². The molecule has 4 aromatic rings. The molecule has 4 rings (SSSR count). The third-order valence-electron chi connectivity index (χ3n) is 5.32. The zero-order valence-corrected chi connectivity index (χ0v) is 19.3. The maximum Gasteiger partial charge on any atom is 0.266 e. The van der Waals surface area contributed by atoms with Gasteiger partial charge in [0.05, 0.1) is 33.5 Å². The standard InChI is InChI=1S/C26H22N4O2S/c1-16-8-6-9-17(2)23(16)30-25(32)21-12-4-5-13-22(21)29-26(30)33-18(3)24(31)28-20-11-7-10-19(14-20)15-27/h4-14,18H,1-3H3,(H,28,31). The lowest BCUT2D eigenvalue weighted by atomic mass is 10.1. The highest BCUT2D eigenvalue weighted by Gasteiger charge is 2.22. The van der Waals surface area contributed by atoms with E-state index in [1.165, 1.54) is 11.8 Å². The Bertz CT molecular complexity index is 1450. The van der Waals surface area contributed by atoms with Crippen molar-refractivity contribution in [3.05, 3.63) is 93.8 Å². The summed E-state index contributed by atoms with van der Waals surface area (Å²) in [7, 11) is 0. The summed E-state index contributed by atoms with van der Waals surface area (Å²) in [5.74, 6) is -0.245. The molecule has 0 saturated heterocycles. The van der Waals surface area contributed by atoms with Crippen LogP contribution in [0.3, 0.4) is 0 Å². The molecule has 1 atom stereocenters. The van der Waals surface area contributed by atoms with E-state index in [4.69, 9.17) is 10.2 Å². The summed E-state index contributed by atoms with van der Waals surface area (Å²) < 4.78 is 1.61. The zero-order valence-electron chi connectivity index (χ0n) is 18.5. The molecule has 6 nitrogen and oxygen atoms in total. The average molecular weight is 455 g/mol. The van der Waals surface area contributed by atoms with Crippen LogP contribution in [-0.2, 0) is 4.79 Å². The molecule has 3 aromatic carbocycles. The normalized spacial score (nSPS) is 11.7. The summed E-state index contributed by atoms with van der Waals surface area (Å²) in [6.07, 6.45) is 0. The molecule has 164 valence electrons. The number of aryl methyl sites for hydroxylation is 2. The van der Waals surface area contributed by atoms with Crippen LogP contribution in [0.25, 0.3) is 16.6 Å². The number of para-hydroxylation sites is 2. The highest BCUT2D eigenvalue weighted by molar-refractivity contribution is 8.00. The van der Waals surface area contributed by atoms with Crippen LogP contribution in [0, 0.1) is 25.2 Å². The first-order valence-corrected chi connectivity index (χ1v) is 11.3. The maximum absolute atomic E-state index is 13.5. The van der Waals surface area contributed by atoms with Crippen LogP contribution < -0.4 is 10.9 Å². The number of rotatable bonds is 5. The molecule has 0 fully saturated rings. The second-order valence-corrected chi connectivity index (χ2v) is 9.04. The number of aromatic nitrogens is 2. The lowest BCUT2D eigenvalue weighted by Gasteiger charge is -2.19. The van der Waals surface area contributed by atoms with E-state index in [-0.39, 0.29) is 11.5 Å². The highest BCUT2D eigenvalue weighted by Crippen LogP contribution is 2.28. The summed E-state index contributed by atoms with van der Waals surface area (Å²) in [6, 6.07) is 21.9. The molecule has 1 aromatic heterocycles. The minimum absolute atomic E-state index is 0.171. The van der Waals surface area contributed by atoms with Gasteiger partial charge in [-0.2, -0.15) is 5.26 Å². The molecular weight excluding hydrogens is 432 g/mol. The summed E-state index contributed by atoms with van der Waals surface area (Å²) in [5.41, 5.74) is 4.09. The fraction of sp³-hybridized carbons (Fsp3) is 0.154. The number of thioether (sulfide) groups is 1. The Labute approximate surface area is 195 Å². The van der Waals surface area contributed by atoms with Crippen LogP contribution in [0.15, 0.2) is 76.7 Å². The van der Waals surface area contributed by atoms with Crippen molar-refractivity contribution in [2.75, 3.05) is 5.32 Å². The predicted molar refractivity (Wildman–Crippen MR) is 132 cm³/mol. The largest absolute Gasteiger partial charge is 0.325 e. The van der Waals surface area contributed by atoms with E-state index in [2.05, 4.69) is 11.4 Å². The number of benzene rings is 3. The predicted octanol–water partition coefficient (Wildman–Crippen LogP) is 4.99. The molecule has 7 heteroatoms. The third-order valence-corrected chi connectivity index (χ3v) is 6.37. The van der Waals surface area contributed by atoms with Crippen molar-refractivity contribution >= 4 is 34.3 Å². The summed E-state index contributed by atoms with van der Waals surface area (Å²) in [5, 5.41) is 12.4. The SMILES string of the molecule is Cc1cccc(C)c1-n1c(SC(C)C(=O)Nc2cccc(C#N)c2)nc2ccccc2c1=O. The van der Waals surface area contributed by atoms with Crippen molar-refractivity contribution in [2.24, 2.45) is 0 Å². The summed E-state index contributed by atoms with van der Waals surface area (Å²) >= 11 is 1.22. The number of nitrogens with one attached hydrogen (secondary N) is 1. The van der Waals surface area contributed by atoms with Crippen LogP contribution in [-0.4, -0.2) is 20.7 Å². The third kappa shape index (κ3) is 4.52. The van der Waals surface area contributed by atoms with Crippen molar-refractivity contribution in [1.29, 1.82) is 5.26 Å². The number of amides is 1. The fourth-order valence-electron chi connectivity index (χ4n) is 3.67. The number of hydrogen-bond donors (Lipinski definition) is 1. The van der Waals surface area contributed by atoms with Gasteiger partial charge in [0.15, 0.2) is 5.16 Å². The molecular formula is C26H22N4O2S. The number of hydrogen-bond acceptors (Lipinski definition) is 5. The first kappa shape index (κ1) is 22.3. The maximum atomic E-state index is 13.5. The molecule has 0 saturated carbocycles. The number of anilines is 1. The van der Waals surface area contributed by atoms with Gasteiger partial charge in [0, 0.05) is 5.69 Å². The number of carbonyl (C=O) groups excluding carboxylic acids is 1. The summed E-state index contributed by atoms with van der Waals surface area (Å²) in [6.45, 7) is 5.68. The van der Waals surface area contributed by atoms with Gasteiger partial charge in [0.2, 0.25) is 5.91 Å². The lowest BCUT2D eigenvalue weighted by molar-refractivity contribution is -0.115. The Kier molecular flexibility index (Phi) is 6.29. The average Bonchev–Trinajstić information content (AvgIpc) is 2.80. The van der Waals surface area contributed by atoms with Crippen LogP contribution in [0.2, 0.25) is 0 Å². The van der Waals surface area contributed by atoms with E-state index in [0.29, 0.717) is 27.3 Å². The van der Waals surface area contributed by atoms with Crippen molar-refractivity contribution < 1.29 is 4.79 Å². The van der Waals surface area contributed by atoms with Gasteiger partial charge in [-0.1, -0.05) is 48.2 Å². The lowest BCUT2D eigenvalue weighted by Crippen LogP contribution is -2.27. The number of nitrogens with zero attached hydrogens (tertiary/aromatic N) is 3. The van der Waals surface area contributed by atoms with Crippen molar-refractivity contribution in [2.45, 2.75) is 31.2 Å². The Morgan fingerprint density at radius 2 is 1.76 bits per heavy atom. The van der Waals surface area contributed by atoms with E-state index in [9.17, 15) is 9.59 Å². The van der Waals surface area contributed by atoms with E-state index in [1.54, 1.807) is 47.9 Å². The second kappa shape index (κ2) is 9.31. The van der Waals surface area contributed by atoms with Crippen molar-refractivity contribution in [3.63, 3.8) is 0 Å². The number of nitriles is 1. The van der Waals surface area contributed by atoms with Crippen LogP contribution in [0.5, 0.6) is 0 Å². The molecule has 1 unspecified atom stereocenters. The molecule has 0 aliphatic rings. The monoisotopic (exact) mass is 454 g/mol. The van der Waals surface area contributed by atoms with Gasteiger partial charge in [0.1, 0.15) is 0 Å². The topological polar surface area (TPSA) is 87.8 Å². The molecule has 0 radical (unpaired) electrons.